The van der Waals surface area contributed by atoms with Crippen LogP contribution in [0.2, 0.25) is 0 Å². The van der Waals surface area contributed by atoms with E-state index in [4.69, 9.17) is 5.73 Å². The summed E-state index contributed by atoms with van der Waals surface area (Å²) in [5.74, 6) is -0.261. The van der Waals surface area contributed by atoms with E-state index in [9.17, 15) is 9.18 Å². The van der Waals surface area contributed by atoms with Crippen LogP contribution in [-0.4, -0.2) is 32.1 Å². The van der Waals surface area contributed by atoms with Crippen molar-refractivity contribution in [1.82, 2.24) is 10.6 Å². The van der Waals surface area contributed by atoms with Crippen molar-refractivity contribution in [2.24, 2.45) is 5.73 Å². The molecule has 0 aliphatic heterocycles. The van der Waals surface area contributed by atoms with Crippen molar-refractivity contribution in [3.05, 3.63) is 35.6 Å². The molecule has 1 rings (SSSR count). The molecule has 0 aliphatic carbocycles. The summed E-state index contributed by atoms with van der Waals surface area (Å²) in [7, 11) is 1.76. The van der Waals surface area contributed by atoms with E-state index >= 15 is 0 Å². The van der Waals surface area contributed by atoms with E-state index in [1.165, 1.54) is 12.1 Å². The van der Waals surface area contributed by atoms with Gasteiger partial charge in [-0.25, -0.2) is 4.39 Å². The molecule has 1 unspecified atom stereocenters. The van der Waals surface area contributed by atoms with E-state index in [1.54, 1.807) is 19.2 Å². The van der Waals surface area contributed by atoms with Gasteiger partial charge in [-0.3, -0.25) is 4.79 Å². The number of amides is 1. The maximum absolute atomic E-state index is 12.7. The van der Waals surface area contributed by atoms with Crippen LogP contribution >= 0.6 is 0 Å². The van der Waals surface area contributed by atoms with Crippen LogP contribution in [0.3, 0.4) is 0 Å². The smallest absolute Gasteiger partial charge is 0.237 e. The second-order valence-electron chi connectivity index (χ2n) is 4.44. The summed E-state index contributed by atoms with van der Waals surface area (Å²) >= 11 is 0. The molecule has 4 nitrogen and oxygen atoms in total. The minimum absolute atomic E-state index is 0.0157. The van der Waals surface area contributed by atoms with E-state index in [0.29, 0.717) is 19.5 Å². The Kier molecular flexibility index (Phi) is 7.07. The molecule has 0 saturated carbocycles. The van der Waals surface area contributed by atoms with Gasteiger partial charge in [-0.15, -0.1) is 0 Å². The monoisotopic (exact) mass is 267 g/mol. The summed E-state index contributed by atoms with van der Waals surface area (Å²) in [6.07, 6.45) is 2.24. The van der Waals surface area contributed by atoms with Crippen LogP contribution in [0.1, 0.15) is 18.4 Å². The third kappa shape index (κ3) is 5.81. The van der Waals surface area contributed by atoms with E-state index in [1.807, 2.05) is 0 Å². The predicted octanol–water partition coefficient (Wildman–Crippen LogP) is 0.811. The predicted molar refractivity (Wildman–Crippen MR) is 74.2 cm³/mol. The first-order chi connectivity index (χ1) is 9.17. The van der Waals surface area contributed by atoms with Gasteiger partial charge in [0.05, 0.1) is 6.04 Å². The maximum atomic E-state index is 12.7. The minimum atomic E-state index is -0.246. The molecular formula is C14H22FN3O. The minimum Gasteiger partial charge on any atom is -0.354 e. The summed E-state index contributed by atoms with van der Waals surface area (Å²) in [5, 5.41) is 5.85. The van der Waals surface area contributed by atoms with Gasteiger partial charge in [-0.2, -0.15) is 0 Å². The molecule has 0 aromatic heterocycles. The van der Waals surface area contributed by atoms with Crippen LogP contribution in [0.25, 0.3) is 0 Å². The van der Waals surface area contributed by atoms with Crippen LogP contribution in [-0.2, 0) is 11.2 Å². The molecule has 4 N–H and O–H groups in total. The quantitative estimate of drug-likeness (QED) is 0.653. The molecule has 0 bridgehead atoms. The van der Waals surface area contributed by atoms with Crippen molar-refractivity contribution in [1.29, 1.82) is 0 Å². The van der Waals surface area contributed by atoms with Gasteiger partial charge < -0.3 is 16.4 Å². The third-order valence-corrected chi connectivity index (χ3v) is 2.99. The molecule has 0 aliphatic rings. The molecule has 19 heavy (non-hydrogen) atoms. The standard InChI is InChI=1S/C14H22FN3O/c1-17-13(3-2-9-16)14(19)18-10-8-11-4-6-12(15)7-5-11/h4-7,13,17H,2-3,8-10,16H2,1H3,(H,18,19). The van der Waals surface area contributed by atoms with E-state index < -0.39 is 0 Å². The van der Waals surface area contributed by atoms with E-state index in [0.717, 1.165) is 18.4 Å². The molecule has 106 valence electrons. The average molecular weight is 267 g/mol. The van der Waals surface area contributed by atoms with Crippen molar-refractivity contribution in [3.8, 4) is 0 Å². The van der Waals surface area contributed by atoms with Crippen LogP contribution in [0, 0.1) is 5.82 Å². The van der Waals surface area contributed by atoms with Crippen molar-refractivity contribution >= 4 is 5.91 Å². The number of rotatable bonds is 8. The lowest BCUT2D eigenvalue weighted by Crippen LogP contribution is -2.43. The molecule has 0 spiro atoms. The Bertz CT molecular complexity index is 381. The summed E-state index contributed by atoms with van der Waals surface area (Å²) < 4.78 is 12.7. The molecule has 5 heteroatoms. The highest BCUT2D eigenvalue weighted by atomic mass is 19.1. The van der Waals surface area contributed by atoms with Gasteiger partial charge in [0, 0.05) is 6.54 Å². The molecule has 1 aromatic carbocycles. The fraction of sp³-hybridized carbons (Fsp3) is 0.500. The molecule has 0 saturated heterocycles. The SMILES string of the molecule is CNC(CCCN)C(=O)NCCc1ccc(F)cc1. The number of likely N-dealkylation sites (N-methyl/N-ethyl adjacent to an activating group) is 1. The number of hydrogen-bond acceptors (Lipinski definition) is 3. The van der Waals surface area contributed by atoms with Crippen molar-refractivity contribution < 1.29 is 9.18 Å². The van der Waals surface area contributed by atoms with Crippen LogP contribution in [0.5, 0.6) is 0 Å². The van der Waals surface area contributed by atoms with Gasteiger partial charge in [-0.1, -0.05) is 12.1 Å². The molecule has 1 atom stereocenters. The Morgan fingerprint density at radius 1 is 1.37 bits per heavy atom. The number of halogens is 1. The van der Waals surface area contributed by atoms with Gasteiger partial charge >= 0.3 is 0 Å². The lowest BCUT2D eigenvalue weighted by molar-refractivity contribution is -0.123. The Morgan fingerprint density at radius 3 is 2.63 bits per heavy atom. The fourth-order valence-electron chi connectivity index (χ4n) is 1.83. The van der Waals surface area contributed by atoms with Crippen LogP contribution in [0.15, 0.2) is 24.3 Å². The van der Waals surface area contributed by atoms with Gasteiger partial charge in [0.1, 0.15) is 5.82 Å². The van der Waals surface area contributed by atoms with Gasteiger partial charge in [0.2, 0.25) is 5.91 Å². The lowest BCUT2D eigenvalue weighted by atomic mass is 10.1. The largest absolute Gasteiger partial charge is 0.354 e. The second-order valence-corrected chi connectivity index (χ2v) is 4.44. The summed E-state index contributed by atoms with van der Waals surface area (Å²) in [6.45, 7) is 1.13. The van der Waals surface area contributed by atoms with Gasteiger partial charge in [0.25, 0.3) is 0 Å². The zero-order valence-corrected chi connectivity index (χ0v) is 11.3. The number of nitrogens with one attached hydrogen (secondary N) is 2. The Morgan fingerprint density at radius 2 is 2.05 bits per heavy atom. The first-order valence-electron chi connectivity index (χ1n) is 6.57. The molecule has 0 fully saturated rings. The van der Waals surface area contributed by atoms with E-state index in [-0.39, 0.29) is 17.8 Å². The zero-order chi connectivity index (χ0) is 14.1. The Labute approximate surface area is 113 Å². The lowest BCUT2D eigenvalue weighted by Gasteiger charge is -2.15. The number of carbonyl (C=O) groups excluding carboxylic acids is 1. The summed E-state index contributed by atoms with van der Waals surface area (Å²) in [5.41, 5.74) is 6.43. The Balaban J connectivity index is 2.31. The number of hydrogen-bond donors (Lipinski definition) is 3. The Hall–Kier alpha value is -1.46. The molecule has 0 radical (unpaired) electrons. The van der Waals surface area contributed by atoms with Crippen LogP contribution < -0.4 is 16.4 Å². The zero-order valence-electron chi connectivity index (χ0n) is 11.3. The molecule has 1 amide bonds. The second kappa shape index (κ2) is 8.61. The van der Waals surface area contributed by atoms with Crippen molar-refractivity contribution in [3.63, 3.8) is 0 Å². The molecule has 1 aromatic rings. The first kappa shape index (κ1) is 15.6. The normalized spacial score (nSPS) is 12.2. The highest BCUT2D eigenvalue weighted by Crippen LogP contribution is 2.03. The van der Waals surface area contributed by atoms with Gasteiger partial charge in [-0.05, 0) is 50.6 Å². The highest BCUT2D eigenvalue weighted by molar-refractivity contribution is 5.81. The van der Waals surface area contributed by atoms with E-state index in [2.05, 4.69) is 10.6 Å². The number of nitrogens with two attached hydrogens (primary N) is 1. The van der Waals surface area contributed by atoms with Gasteiger partial charge in [0.15, 0.2) is 0 Å². The number of benzene rings is 1. The summed E-state index contributed by atoms with van der Waals surface area (Å²) in [4.78, 5) is 11.9. The fourth-order valence-corrected chi connectivity index (χ4v) is 1.83. The topological polar surface area (TPSA) is 67.1 Å². The highest BCUT2D eigenvalue weighted by Gasteiger charge is 2.14. The average Bonchev–Trinajstić information content (AvgIpc) is 2.42. The first-order valence-corrected chi connectivity index (χ1v) is 6.57. The molecular weight excluding hydrogens is 245 g/mol. The van der Waals surface area contributed by atoms with Crippen molar-refractivity contribution in [2.45, 2.75) is 25.3 Å². The molecule has 0 heterocycles. The van der Waals surface area contributed by atoms with Crippen LogP contribution in [0.4, 0.5) is 4.39 Å². The van der Waals surface area contributed by atoms with Crippen molar-refractivity contribution in [2.75, 3.05) is 20.1 Å². The number of carbonyl (C=O) groups is 1. The summed E-state index contributed by atoms with van der Waals surface area (Å²) in [6, 6.07) is 6.11. The third-order valence-electron chi connectivity index (χ3n) is 2.99. The maximum Gasteiger partial charge on any atom is 0.237 e.